The summed E-state index contributed by atoms with van der Waals surface area (Å²) < 4.78 is 44.2. The first-order chi connectivity index (χ1) is 9.40. The fourth-order valence-electron chi connectivity index (χ4n) is 1.95. The molecular weight excluding hydrogens is 287 g/mol. The lowest BCUT2D eigenvalue weighted by Gasteiger charge is -2.30. The predicted molar refractivity (Wildman–Crippen MR) is 69.5 cm³/mol. The number of morpholine rings is 1. The van der Waals surface area contributed by atoms with Crippen molar-refractivity contribution in [1.29, 1.82) is 0 Å². The molecule has 1 aliphatic rings. The monoisotopic (exact) mass is 302 g/mol. The lowest BCUT2D eigenvalue weighted by atomic mass is 10.2. The van der Waals surface area contributed by atoms with Crippen LogP contribution in [-0.2, 0) is 25.3 Å². The highest BCUT2D eigenvalue weighted by Crippen LogP contribution is 2.17. The maximum Gasteiger partial charge on any atom is 0.247 e. The molecule has 0 radical (unpaired) electrons. The van der Waals surface area contributed by atoms with Crippen molar-refractivity contribution in [3.63, 3.8) is 0 Å². The van der Waals surface area contributed by atoms with Crippen molar-refractivity contribution in [2.75, 3.05) is 19.7 Å². The van der Waals surface area contributed by atoms with Gasteiger partial charge in [0.2, 0.25) is 15.9 Å². The van der Waals surface area contributed by atoms with Crippen LogP contribution in [0.4, 0.5) is 4.39 Å². The lowest BCUT2D eigenvalue weighted by Crippen LogP contribution is -2.50. The quantitative estimate of drug-likeness (QED) is 0.837. The Labute approximate surface area is 116 Å². The van der Waals surface area contributed by atoms with Gasteiger partial charge in [0, 0.05) is 18.7 Å². The maximum absolute atomic E-state index is 13.5. The molecule has 20 heavy (non-hydrogen) atoms. The fourth-order valence-corrected chi connectivity index (χ4v) is 3.48. The molecule has 0 spiro atoms. The summed E-state index contributed by atoms with van der Waals surface area (Å²) in [6.07, 6.45) is -0.959. The second-order valence-electron chi connectivity index (χ2n) is 4.47. The Kier molecular flexibility index (Phi) is 4.36. The Morgan fingerprint density at radius 2 is 2.15 bits per heavy atom. The van der Waals surface area contributed by atoms with Gasteiger partial charge in [0.05, 0.1) is 12.4 Å². The molecule has 1 fully saturated rings. The highest BCUT2D eigenvalue weighted by Gasteiger charge is 2.32. The third-order valence-electron chi connectivity index (χ3n) is 3.04. The van der Waals surface area contributed by atoms with E-state index in [4.69, 9.17) is 10.5 Å². The van der Waals surface area contributed by atoms with Gasteiger partial charge in [-0.2, -0.15) is 4.31 Å². The van der Waals surface area contributed by atoms with Gasteiger partial charge in [0.15, 0.2) is 0 Å². The summed E-state index contributed by atoms with van der Waals surface area (Å²) in [5, 5.41) is 0. The molecule has 1 heterocycles. The summed E-state index contributed by atoms with van der Waals surface area (Å²) in [5.41, 5.74) is 5.20. The SMILES string of the molecule is NC(=O)[C@@H]1CN(S(=O)(=O)Cc2ccccc2F)CCO1. The minimum atomic E-state index is -3.72. The zero-order chi connectivity index (χ0) is 14.8. The van der Waals surface area contributed by atoms with Crippen LogP contribution in [0.25, 0.3) is 0 Å². The predicted octanol–water partition coefficient (Wildman–Crippen LogP) is -0.158. The van der Waals surface area contributed by atoms with Gasteiger partial charge < -0.3 is 10.5 Å². The first kappa shape index (κ1) is 14.9. The number of ether oxygens (including phenoxy) is 1. The highest BCUT2D eigenvalue weighted by molar-refractivity contribution is 7.88. The zero-order valence-electron chi connectivity index (χ0n) is 10.7. The number of benzene rings is 1. The Morgan fingerprint density at radius 3 is 2.80 bits per heavy atom. The number of carbonyl (C=O) groups excluding carboxylic acids is 1. The van der Waals surface area contributed by atoms with Crippen LogP contribution >= 0.6 is 0 Å². The summed E-state index contributed by atoms with van der Waals surface area (Å²) in [6.45, 7) is 0.0802. The number of carbonyl (C=O) groups is 1. The van der Waals surface area contributed by atoms with Crippen LogP contribution in [-0.4, -0.2) is 44.4 Å². The van der Waals surface area contributed by atoms with Crippen LogP contribution in [0.1, 0.15) is 5.56 Å². The van der Waals surface area contributed by atoms with E-state index in [0.717, 1.165) is 4.31 Å². The topological polar surface area (TPSA) is 89.7 Å². The average Bonchev–Trinajstić information content (AvgIpc) is 2.41. The average molecular weight is 302 g/mol. The zero-order valence-corrected chi connectivity index (χ0v) is 11.5. The van der Waals surface area contributed by atoms with Crippen molar-refractivity contribution in [1.82, 2.24) is 4.31 Å². The van der Waals surface area contributed by atoms with Gasteiger partial charge in [-0.1, -0.05) is 18.2 Å². The number of hydrogen-bond acceptors (Lipinski definition) is 4. The van der Waals surface area contributed by atoms with E-state index >= 15 is 0 Å². The van der Waals surface area contributed by atoms with Crippen molar-refractivity contribution in [3.8, 4) is 0 Å². The Balaban J connectivity index is 2.14. The first-order valence-corrected chi connectivity index (χ1v) is 7.63. The molecule has 110 valence electrons. The summed E-state index contributed by atoms with van der Waals surface area (Å²) >= 11 is 0. The molecule has 1 aromatic rings. The maximum atomic E-state index is 13.5. The molecule has 0 bridgehead atoms. The van der Waals surface area contributed by atoms with Gasteiger partial charge >= 0.3 is 0 Å². The standard InChI is InChI=1S/C12H15FN2O4S/c13-10-4-2-1-3-9(10)8-20(17,18)15-5-6-19-11(7-15)12(14)16/h1-4,11H,5-8H2,(H2,14,16)/t11-/m0/s1. The summed E-state index contributed by atoms with van der Waals surface area (Å²) in [7, 11) is -3.72. The van der Waals surface area contributed by atoms with E-state index in [1.807, 2.05) is 0 Å². The molecule has 8 heteroatoms. The van der Waals surface area contributed by atoms with Gasteiger partial charge in [-0.25, -0.2) is 12.8 Å². The fraction of sp³-hybridized carbons (Fsp3) is 0.417. The van der Waals surface area contributed by atoms with E-state index in [9.17, 15) is 17.6 Å². The number of nitrogens with zero attached hydrogens (tertiary/aromatic N) is 1. The Hall–Kier alpha value is -1.51. The molecule has 0 unspecified atom stereocenters. The number of nitrogens with two attached hydrogens (primary N) is 1. The third-order valence-corrected chi connectivity index (χ3v) is 4.83. The molecule has 2 N–H and O–H groups in total. The summed E-state index contributed by atoms with van der Waals surface area (Å²) in [4.78, 5) is 11.1. The molecule has 1 aromatic carbocycles. The smallest absolute Gasteiger partial charge is 0.247 e. The number of primary amides is 1. The molecule has 1 aliphatic heterocycles. The number of rotatable bonds is 4. The van der Waals surface area contributed by atoms with Crippen molar-refractivity contribution >= 4 is 15.9 Å². The van der Waals surface area contributed by atoms with Gasteiger partial charge in [-0.15, -0.1) is 0 Å². The highest BCUT2D eigenvalue weighted by atomic mass is 32.2. The normalized spacial score (nSPS) is 20.8. The number of amides is 1. The molecule has 1 atom stereocenters. The molecule has 1 saturated heterocycles. The largest absolute Gasteiger partial charge is 0.367 e. The van der Waals surface area contributed by atoms with Crippen molar-refractivity contribution in [2.45, 2.75) is 11.9 Å². The van der Waals surface area contributed by atoms with E-state index in [0.29, 0.717) is 0 Å². The molecule has 1 amide bonds. The molecule has 0 saturated carbocycles. The van der Waals surface area contributed by atoms with Crippen LogP contribution in [0, 0.1) is 5.82 Å². The van der Waals surface area contributed by atoms with Gasteiger partial charge in [-0.05, 0) is 6.07 Å². The van der Waals surface area contributed by atoms with Gasteiger partial charge in [0.1, 0.15) is 11.9 Å². The Morgan fingerprint density at radius 1 is 1.45 bits per heavy atom. The Bertz CT molecular complexity index is 605. The van der Waals surface area contributed by atoms with E-state index in [1.54, 1.807) is 6.07 Å². The molecule has 0 aromatic heterocycles. The second kappa shape index (κ2) is 5.86. The van der Waals surface area contributed by atoms with E-state index in [2.05, 4.69) is 0 Å². The first-order valence-electron chi connectivity index (χ1n) is 6.02. The van der Waals surface area contributed by atoms with E-state index in [1.165, 1.54) is 18.2 Å². The molecule has 0 aliphatic carbocycles. The summed E-state index contributed by atoms with van der Waals surface area (Å²) in [6, 6.07) is 5.68. The van der Waals surface area contributed by atoms with Crippen LogP contribution < -0.4 is 5.73 Å². The second-order valence-corrected chi connectivity index (χ2v) is 6.44. The van der Waals surface area contributed by atoms with E-state index in [-0.39, 0.29) is 25.3 Å². The molecular formula is C12H15FN2O4S. The number of halogens is 1. The third kappa shape index (κ3) is 3.33. The van der Waals surface area contributed by atoms with E-state index < -0.39 is 33.6 Å². The minimum absolute atomic E-state index is 0.0874. The molecule has 6 nitrogen and oxygen atoms in total. The van der Waals surface area contributed by atoms with Crippen molar-refractivity contribution < 1.29 is 22.3 Å². The summed E-state index contributed by atoms with van der Waals surface area (Å²) in [5.74, 6) is -1.74. The van der Waals surface area contributed by atoms with Gasteiger partial charge in [-0.3, -0.25) is 4.79 Å². The number of sulfonamides is 1. The molecule has 2 rings (SSSR count). The van der Waals surface area contributed by atoms with Crippen molar-refractivity contribution in [3.05, 3.63) is 35.6 Å². The van der Waals surface area contributed by atoms with Crippen LogP contribution in [0.3, 0.4) is 0 Å². The lowest BCUT2D eigenvalue weighted by molar-refractivity contribution is -0.132. The van der Waals surface area contributed by atoms with Crippen molar-refractivity contribution in [2.24, 2.45) is 5.73 Å². The van der Waals surface area contributed by atoms with Crippen LogP contribution in [0.5, 0.6) is 0 Å². The van der Waals surface area contributed by atoms with Crippen LogP contribution in [0.2, 0.25) is 0 Å². The van der Waals surface area contributed by atoms with Crippen LogP contribution in [0.15, 0.2) is 24.3 Å². The van der Waals surface area contributed by atoms with Gasteiger partial charge in [0.25, 0.3) is 0 Å². The number of hydrogen-bond donors (Lipinski definition) is 1. The minimum Gasteiger partial charge on any atom is -0.367 e.